The van der Waals surface area contributed by atoms with Crippen molar-refractivity contribution in [2.24, 2.45) is 15.9 Å². The van der Waals surface area contributed by atoms with Crippen LogP contribution in [0, 0.1) is 5.92 Å². The molecular weight excluding hydrogens is 1550 g/mol. The summed E-state index contributed by atoms with van der Waals surface area (Å²) in [7, 11) is 0. The van der Waals surface area contributed by atoms with Crippen molar-refractivity contribution < 1.29 is 0 Å². The second-order valence-corrected chi connectivity index (χ2v) is 46.9. The Morgan fingerprint density at radius 2 is 0.480 bits per heavy atom. The van der Waals surface area contributed by atoms with Crippen LogP contribution in [0.25, 0.3) is 0 Å². The molecule has 5 saturated heterocycles. The van der Waals surface area contributed by atoms with Gasteiger partial charge in [0.05, 0.1) is 0 Å². The maximum Gasteiger partial charge on any atom is 0.232 e. The lowest BCUT2D eigenvalue weighted by Gasteiger charge is -2.51. The topological polar surface area (TPSA) is 200 Å². The van der Waals surface area contributed by atoms with Crippen LogP contribution in [0.1, 0.15) is 445 Å². The minimum Gasteiger partial charge on any atom is -0.341 e. The summed E-state index contributed by atoms with van der Waals surface area (Å²) < 4.78 is 0. The first-order chi connectivity index (χ1) is 58.8. The quantitative estimate of drug-likeness (QED) is 0.0341. The van der Waals surface area contributed by atoms with E-state index in [2.05, 4.69) is 272 Å². The summed E-state index contributed by atoms with van der Waals surface area (Å²) in [5, 5.41) is 24.7. The molecule has 1 unspecified atom stereocenters. The molecule has 720 valence electrons. The van der Waals surface area contributed by atoms with E-state index in [-0.39, 0.29) is 85.8 Å². The lowest BCUT2D eigenvalue weighted by molar-refractivity contribution is 0.0339. The molecule has 2 aromatic heterocycles. The summed E-state index contributed by atoms with van der Waals surface area (Å²) >= 11 is 0. The lowest BCUT2D eigenvalue weighted by Crippen LogP contribution is -2.65. The Labute approximate surface area is 768 Å². The van der Waals surface area contributed by atoms with Crippen molar-refractivity contribution >= 4 is 47.5 Å². The number of rotatable bonds is 54. The Hall–Kier alpha value is -4.48. The molecule has 0 saturated carbocycles. The Bertz CT molecular complexity index is 3370. The second-order valence-electron chi connectivity index (χ2n) is 46.9. The van der Waals surface area contributed by atoms with Gasteiger partial charge in [-0.2, -0.15) is 29.9 Å². The zero-order valence-corrected chi connectivity index (χ0v) is 86.8. The van der Waals surface area contributed by atoms with Gasteiger partial charge in [-0.05, 0) is 286 Å². The lowest BCUT2D eigenvalue weighted by atomic mass is 9.79. The van der Waals surface area contributed by atoms with Crippen LogP contribution in [-0.2, 0) is 0 Å². The summed E-state index contributed by atoms with van der Waals surface area (Å²) in [6.45, 7) is 79.7. The Morgan fingerprint density at radius 3 is 0.752 bits per heavy atom. The normalized spacial score (nSPS) is 21.7. The van der Waals surface area contributed by atoms with E-state index in [9.17, 15) is 0 Å². The van der Waals surface area contributed by atoms with E-state index in [1.54, 1.807) is 0 Å². The standard InChI is InChI=1S/C103H198N22/c1-30-39-56-79(57-40-31-2)85-104-86(118(58-41-32-3)59-42-33-4)107-89(105-85)122(81-71-96(14,15)114-97(16,17)72-81)65-52-48-49-54-67-124(83-75-100(22,23)116-101(24,25)76-83)92-110-91(121(64-47-38-9)80-69-94(10,11)113-95(12,13)70-80)111-93(112-92)125(84-77-102(26,27)117-103(28,29)78-84)68-55-51-50-53-66-123(82-73-98(18,19)115-99(20,21)74-82)90-108-87(119(60-43-34-5)61-44-35-6)106-88(109-90)120(62-45-36-7)63-46-37-8/h79-84,89,113-117H,30-78H2,1-29H3,(H,104,105,107). The Morgan fingerprint density at radius 1 is 0.256 bits per heavy atom. The largest absolute Gasteiger partial charge is 0.341 e. The van der Waals surface area contributed by atoms with Gasteiger partial charge in [-0.3, -0.25) is 4.90 Å². The molecule has 8 rings (SSSR count). The average Bonchev–Trinajstić information content (AvgIpc) is 0.769. The Kier molecular flexibility index (Phi) is 40.4. The van der Waals surface area contributed by atoms with Gasteiger partial charge in [0.15, 0.2) is 6.29 Å². The molecule has 125 heavy (non-hydrogen) atoms. The zero-order chi connectivity index (χ0) is 91.8. The third-order valence-corrected chi connectivity index (χ3v) is 28.0. The molecule has 0 spiro atoms. The SMILES string of the molecule is CCCCC(CCCC)C1=NC(N(CCCC)CCCC)=NC(N(CCCCCCN(c2nc(N(CCCC)C3CC(C)(C)NC(C)(C)C3)nc(N(CCCCCCN(c3nc(N(CCCC)CCCC)nc(N(CCCC)CCCC)n3)C3CC(C)(C)NC(C)(C)C3)C3CC(C)(C)NC(C)(C)C3)n2)C2CC(C)(C)NC(C)(C)C2)C2CC(C)(C)NC(C)(C)C2)N1. The molecule has 22 nitrogen and oxygen atoms in total. The highest BCUT2D eigenvalue weighted by Crippen LogP contribution is 2.42. The molecular formula is C103H198N22. The fourth-order valence-corrected chi connectivity index (χ4v) is 23.7. The summed E-state index contributed by atoms with van der Waals surface area (Å²) in [5.74, 6) is 7.70. The molecule has 0 aromatic carbocycles. The first-order valence-corrected chi connectivity index (χ1v) is 52.3. The number of nitrogens with zero attached hydrogens (tertiary/aromatic N) is 16. The minimum atomic E-state index is -0.180. The van der Waals surface area contributed by atoms with Gasteiger partial charge >= 0.3 is 0 Å². The molecule has 5 fully saturated rings. The van der Waals surface area contributed by atoms with Crippen LogP contribution < -0.4 is 61.3 Å². The highest BCUT2D eigenvalue weighted by atomic mass is 15.5. The van der Waals surface area contributed by atoms with Gasteiger partial charge in [-0.15, -0.1) is 0 Å². The molecule has 6 N–H and O–H groups in total. The van der Waals surface area contributed by atoms with Crippen molar-refractivity contribution in [1.29, 1.82) is 0 Å². The first-order valence-electron chi connectivity index (χ1n) is 52.3. The van der Waals surface area contributed by atoms with E-state index in [1.807, 2.05) is 0 Å². The van der Waals surface area contributed by atoms with Gasteiger partial charge < -0.3 is 66.2 Å². The summed E-state index contributed by atoms with van der Waals surface area (Å²) in [6.07, 6.45) is 41.4. The molecule has 0 bridgehead atoms. The smallest absolute Gasteiger partial charge is 0.232 e. The molecule has 6 aliphatic rings. The van der Waals surface area contributed by atoms with Crippen LogP contribution in [0.4, 0.5) is 35.7 Å². The molecule has 2 aromatic rings. The molecule has 0 aliphatic carbocycles. The maximum atomic E-state index is 6.13. The van der Waals surface area contributed by atoms with Gasteiger partial charge in [0, 0.05) is 164 Å². The second kappa shape index (κ2) is 47.7. The molecule has 8 heterocycles. The summed E-state index contributed by atoms with van der Waals surface area (Å²) in [5.41, 5.74) is -0.802. The number of unbranched alkanes of at least 4 members (excludes halogenated alkanes) is 15. The number of anilines is 6. The van der Waals surface area contributed by atoms with Crippen molar-refractivity contribution in [3.63, 3.8) is 0 Å². The number of aromatic nitrogens is 6. The van der Waals surface area contributed by atoms with Crippen LogP contribution in [0.2, 0.25) is 0 Å². The predicted octanol–water partition coefficient (Wildman–Crippen LogP) is 22.1. The van der Waals surface area contributed by atoms with Gasteiger partial charge in [-0.25, -0.2) is 9.98 Å². The van der Waals surface area contributed by atoms with Crippen LogP contribution in [0.15, 0.2) is 9.98 Å². The number of aliphatic imine (C=N–C) groups is 2. The number of hydrogen-bond acceptors (Lipinski definition) is 22. The van der Waals surface area contributed by atoms with E-state index in [0.717, 1.165) is 332 Å². The van der Waals surface area contributed by atoms with Crippen molar-refractivity contribution in [3.8, 4) is 0 Å². The van der Waals surface area contributed by atoms with Crippen molar-refractivity contribution in [2.75, 3.05) is 101 Å². The van der Waals surface area contributed by atoms with Gasteiger partial charge in [0.25, 0.3) is 0 Å². The number of nitrogens with one attached hydrogen (secondary N) is 6. The monoisotopic (exact) mass is 1740 g/mol. The third kappa shape index (κ3) is 33.6. The number of guanidine groups is 1. The van der Waals surface area contributed by atoms with Gasteiger partial charge in [-0.1, -0.05) is 159 Å². The van der Waals surface area contributed by atoms with Gasteiger partial charge in [0.1, 0.15) is 5.84 Å². The molecule has 0 amide bonds. The van der Waals surface area contributed by atoms with E-state index in [1.165, 1.54) is 31.5 Å². The molecule has 0 radical (unpaired) electrons. The first kappa shape index (κ1) is 106. The fraction of sp³-hybridized carbons (Fsp3) is 0.922. The third-order valence-electron chi connectivity index (χ3n) is 28.0. The van der Waals surface area contributed by atoms with E-state index < -0.39 is 0 Å². The molecule has 6 aliphatic heterocycles. The van der Waals surface area contributed by atoms with E-state index in [4.69, 9.17) is 39.9 Å². The van der Waals surface area contributed by atoms with Crippen LogP contribution >= 0.6 is 0 Å². The predicted molar refractivity (Wildman–Crippen MR) is 539 cm³/mol. The molecule has 1 atom stereocenters. The number of amidine groups is 1. The van der Waals surface area contributed by atoms with Crippen LogP contribution in [0.3, 0.4) is 0 Å². The zero-order valence-electron chi connectivity index (χ0n) is 86.8. The Balaban J connectivity index is 1.19. The maximum absolute atomic E-state index is 6.13. The summed E-state index contributed by atoms with van der Waals surface area (Å²) in [6, 6.07) is 1.22. The van der Waals surface area contributed by atoms with Crippen LogP contribution in [-0.4, -0.2) is 215 Å². The van der Waals surface area contributed by atoms with Crippen molar-refractivity contribution in [2.45, 2.75) is 537 Å². The number of piperidine rings is 5. The van der Waals surface area contributed by atoms with Gasteiger partial charge in [0.2, 0.25) is 41.6 Å². The average molecular weight is 1740 g/mol. The minimum absolute atomic E-state index is 0.0293. The van der Waals surface area contributed by atoms with Crippen molar-refractivity contribution in [3.05, 3.63) is 0 Å². The fourth-order valence-electron chi connectivity index (χ4n) is 23.7. The van der Waals surface area contributed by atoms with Crippen LogP contribution in [0.5, 0.6) is 0 Å². The van der Waals surface area contributed by atoms with Crippen molar-refractivity contribution in [1.82, 2.24) is 71.6 Å². The van der Waals surface area contributed by atoms with E-state index >= 15 is 0 Å². The highest BCUT2D eigenvalue weighted by molar-refractivity contribution is 5.99. The van der Waals surface area contributed by atoms with E-state index in [0.29, 0.717) is 12.0 Å². The summed E-state index contributed by atoms with van der Waals surface area (Å²) in [4.78, 5) is 67.8. The molecule has 22 heteroatoms. The number of hydrogen-bond donors (Lipinski definition) is 6. The highest BCUT2D eigenvalue weighted by Gasteiger charge is 2.48.